The molecule has 0 radical (unpaired) electrons. The van der Waals surface area contributed by atoms with E-state index in [0.29, 0.717) is 0 Å². The molecule has 0 aromatic carbocycles. The summed E-state index contributed by atoms with van der Waals surface area (Å²) < 4.78 is 43.0. The van der Waals surface area contributed by atoms with Gasteiger partial charge in [0.15, 0.2) is 5.60 Å². The van der Waals surface area contributed by atoms with Gasteiger partial charge in [-0.25, -0.2) is 9.36 Å². The third-order valence-electron chi connectivity index (χ3n) is 1.27. The van der Waals surface area contributed by atoms with Crippen molar-refractivity contribution in [3.63, 3.8) is 0 Å². The van der Waals surface area contributed by atoms with Crippen molar-refractivity contribution in [2.75, 3.05) is 0 Å². The van der Waals surface area contributed by atoms with Crippen LogP contribution in [0.3, 0.4) is 0 Å². The van der Waals surface area contributed by atoms with Crippen molar-refractivity contribution < 1.29 is 295 Å². The second kappa shape index (κ2) is 40.8. The van der Waals surface area contributed by atoms with E-state index in [-0.39, 0.29) is 213 Å². The summed E-state index contributed by atoms with van der Waals surface area (Å²) in [6.45, 7) is 1.08. The zero-order valence-corrected chi connectivity index (χ0v) is 34.0. The second-order valence-corrected chi connectivity index (χ2v) is 5.72. The molecule has 0 aliphatic rings. The number of carbonyl (C=O) groups excluding carboxylic acids is 2. The van der Waals surface area contributed by atoms with Crippen LogP contribution in [-0.2, 0) is 34.1 Å². The van der Waals surface area contributed by atoms with Gasteiger partial charge in [-0.3, -0.25) is 13.2 Å². The molecule has 0 aromatic rings. The van der Waals surface area contributed by atoms with E-state index in [2.05, 4.69) is 0 Å². The molecule has 178 valence electrons. The van der Waals surface area contributed by atoms with Crippen LogP contribution in [0.5, 0.6) is 0 Å². The molecule has 0 spiro atoms. The van der Waals surface area contributed by atoms with Crippen molar-refractivity contribution in [1.82, 2.24) is 0 Å². The van der Waals surface area contributed by atoms with Gasteiger partial charge in [0, 0.05) is 42.1 Å². The number of rotatable bonds is 5. The Morgan fingerprint density at radius 1 is 0.829 bits per heavy atom. The van der Waals surface area contributed by atoms with Crippen LogP contribution < -0.4 is 224 Å². The molecule has 27 heteroatoms. The van der Waals surface area contributed by atoms with E-state index in [0.717, 1.165) is 6.92 Å². The number of hydrogen-bond donors (Lipinski definition) is 6. The third-order valence-corrected chi connectivity index (χ3v) is 1.27. The van der Waals surface area contributed by atoms with E-state index in [1.807, 2.05) is 0 Å². The van der Waals surface area contributed by atoms with Crippen LogP contribution in [-0.4, -0.2) is 77.0 Å². The molecule has 0 fully saturated rings. The standard InChI is InChI=1S/C6H8O7.C2H4O2.2ClH.K.Li.4Na.H3O4P.H2O4S/c7-3(8)1-6(13,5(11)12)2-4(9)10;1-2(3)4;;;;;;;;;2*1-5(2,3)4/h13H,1-2H2,(H,7,8)(H,9,10)(H,11,12);1H3,(H,3,4);2*1H;;;;;;;(H3,1,2,3,4);(H2,1,2,3,4)/q;;;;6*+1;;/p-6. The van der Waals surface area contributed by atoms with E-state index in [4.69, 9.17) is 56.9 Å². The number of hydrogen-bond acceptors (Lipinski definition) is 12. The Kier molecular flexibility index (Phi) is 90.2. The molecular formula is C8H13Cl2KLiNa4O17PS. The molecule has 0 rings (SSSR count). The molecule has 0 saturated carbocycles. The van der Waals surface area contributed by atoms with Gasteiger partial charge in [0.2, 0.25) is 0 Å². The van der Waals surface area contributed by atoms with Crippen molar-refractivity contribution in [2.24, 2.45) is 0 Å². The summed E-state index contributed by atoms with van der Waals surface area (Å²) in [5.41, 5.74) is -2.86. The molecule has 17 nitrogen and oxygen atoms in total. The molecular weight excluding hydrogens is 640 g/mol. The number of halogens is 2. The van der Waals surface area contributed by atoms with Crippen molar-refractivity contribution >= 4 is 42.1 Å². The molecule has 0 aliphatic carbocycles. The number of carboxylic acid groups (broad SMARTS) is 4. The fourth-order valence-corrected chi connectivity index (χ4v) is 0.691. The average molecular weight is 653 g/mol. The zero-order chi connectivity index (χ0) is 23.2. The maximum absolute atomic E-state index is 10.3. The zero-order valence-electron chi connectivity index (χ0n) is 19.7. The molecule has 0 aliphatic heterocycles. The van der Waals surface area contributed by atoms with E-state index in [1.165, 1.54) is 0 Å². The SMILES string of the molecule is CC(=O)O.O=C([O-])CC(O)(CC(=O)[O-])C(=O)O.O=P(O)(O)O.O=S(=O)([O-])[O-].[Cl-].[Cl-].[K+].[Li+].[Na+].[Na+].[Na+].[Na+]. The van der Waals surface area contributed by atoms with E-state index >= 15 is 0 Å². The smallest absolute Gasteiger partial charge is 1.00 e. The molecule has 0 unspecified atom stereocenters. The summed E-state index contributed by atoms with van der Waals surface area (Å²) in [5.74, 6) is -6.49. The fraction of sp³-hybridized carbons (Fsp3) is 0.500. The minimum absolute atomic E-state index is 0. The molecule has 0 aromatic heterocycles. The van der Waals surface area contributed by atoms with Crippen LogP contribution in [0, 0.1) is 0 Å². The molecule has 35 heavy (non-hydrogen) atoms. The van der Waals surface area contributed by atoms with Gasteiger partial charge in [-0.05, 0) is 0 Å². The maximum atomic E-state index is 10.3. The first kappa shape index (κ1) is 77.5. The van der Waals surface area contributed by atoms with Crippen LogP contribution in [0.25, 0.3) is 0 Å². The van der Waals surface area contributed by atoms with Crippen molar-refractivity contribution in [2.45, 2.75) is 25.4 Å². The summed E-state index contributed by atoms with van der Waals surface area (Å²) >= 11 is 0. The van der Waals surface area contributed by atoms with E-state index in [1.54, 1.807) is 0 Å². The van der Waals surface area contributed by atoms with Gasteiger partial charge in [-0.1, -0.05) is 0 Å². The van der Waals surface area contributed by atoms with E-state index in [9.17, 15) is 24.6 Å². The monoisotopic (exact) mass is 652 g/mol. The maximum Gasteiger partial charge on any atom is 1.00 e. The minimum Gasteiger partial charge on any atom is -1.00 e. The molecule has 0 bridgehead atoms. The number of carboxylic acids is 4. The summed E-state index contributed by atoms with van der Waals surface area (Å²) in [4.78, 5) is 60.7. The number of aliphatic carboxylic acids is 4. The van der Waals surface area contributed by atoms with Gasteiger partial charge in [0.1, 0.15) is 0 Å². The summed E-state index contributed by atoms with van der Waals surface area (Å²) in [5, 5.41) is 44.6. The van der Waals surface area contributed by atoms with Gasteiger partial charge in [0.25, 0.3) is 5.97 Å². The number of phosphoric acid groups is 1. The fourth-order valence-electron chi connectivity index (χ4n) is 0.691. The van der Waals surface area contributed by atoms with Gasteiger partial charge in [0.05, 0.1) is 0 Å². The Hall–Kier alpha value is 4.63. The molecule has 6 N–H and O–H groups in total. The summed E-state index contributed by atoms with van der Waals surface area (Å²) in [7, 11) is -9.81. The Morgan fingerprint density at radius 3 is 1.00 bits per heavy atom. The van der Waals surface area contributed by atoms with Crippen LogP contribution in [0.15, 0.2) is 0 Å². The quantitative estimate of drug-likeness (QED) is 0.0694. The Balaban J connectivity index is -0.0000000209. The third kappa shape index (κ3) is 122. The van der Waals surface area contributed by atoms with Gasteiger partial charge >= 0.3 is 202 Å². The van der Waals surface area contributed by atoms with Gasteiger partial charge in [-0.15, -0.1) is 0 Å². The minimum atomic E-state index is -5.17. The Morgan fingerprint density at radius 2 is 0.943 bits per heavy atom. The molecule has 0 atom stereocenters. The van der Waals surface area contributed by atoms with Crippen LogP contribution in [0.2, 0.25) is 0 Å². The molecule has 0 heterocycles. The Labute approximate surface area is 355 Å². The van der Waals surface area contributed by atoms with Crippen LogP contribution in [0.1, 0.15) is 19.8 Å². The van der Waals surface area contributed by atoms with Crippen molar-refractivity contribution in [3.05, 3.63) is 0 Å². The van der Waals surface area contributed by atoms with Crippen molar-refractivity contribution in [3.8, 4) is 0 Å². The molecule has 0 saturated heterocycles. The van der Waals surface area contributed by atoms with Gasteiger partial charge < -0.3 is 83.7 Å². The largest absolute Gasteiger partial charge is 1.00 e. The topological polar surface area (TPSA) is 333 Å². The van der Waals surface area contributed by atoms with Crippen molar-refractivity contribution in [1.29, 1.82) is 0 Å². The van der Waals surface area contributed by atoms with Crippen LogP contribution in [0.4, 0.5) is 0 Å². The average Bonchev–Trinajstić information content (AvgIpc) is 2.19. The van der Waals surface area contributed by atoms with E-state index < -0.39 is 60.5 Å². The first-order valence-corrected chi connectivity index (χ1v) is 8.41. The predicted octanol–water partition coefficient (Wildman–Crippen LogP) is -30.1. The van der Waals surface area contributed by atoms with Gasteiger partial charge in [-0.2, -0.15) is 0 Å². The summed E-state index contributed by atoms with van der Waals surface area (Å²) in [6.07, 6.45) is -2.59. The number of carbonyl (C=O) groups is 4. The predicted molar refractivity (Wildman–Crippen MR) is 69.9 cm³/mol. The second-order valence-electron chi connectivity index (χ2n) is 3.87. The first-order chi connectivity index (χ1) is 11.5. The summed E-state index contributed by atoms with van der Waals surface area (Å²) in [6, 6.07) is 0. The normalized spacial score (nSPS) is 8.09. The first-order valence-electron chi connectivity index (χ1n) is 5.51. The van der Waals surface area contributed by atoms with Crippen LogP contribution >= 0.6 is 7.82 Å². The Bertz CT molecular complexity index is 649. The molecule has 0 amide bonds. The number of aliphatic hydroxyl groups is 1.